The van der Waals surface area contributed by atoms with Crippen molar-refractivity contribution in [1.29, 1.82) is 0 Å². The summed E-state index contributed by atoms with van der Waals surface area (Å²) in [4.78, 5) is 0. The number of hydrogen-bond donors (Lipinski definition) is 1. The van der Waals surface area contributed by atoms with Gasteiger partial charge in [0.15, 0.2) is 0 Å². The van der Waals surface area contributed by atoms with E-state index in [1.54, 1.807) is 0 Å². The van der Waals surface area contributed by atoms with E-state index in [9.17, 15) is 0 Å². The average Bonchev–Trinajstić information content (AvgIpc) is 2.13. The number of rotatable bonds is 2. The highest BCUT2D eigenvalue weighted by atomic mass is 127. The minimum Gasteiger partial charge on any atom is -0.375 e. The van der Waals surface area contributed by atoms with Gasteiger partial charge in [-0.05, 0) is 6.92 Å². The van der Waals surface area contributed by atoms with Gasteiger partial charge in [0.1, 0.15) is 0 Å². The summed E-state index contributed by atoms with van der Waals surface area (Å²) in [6, 6.07) is 0.205. The van der Waals surface area contributed by atoms with Crippen LogP contribution in [0.25, 0.3) is 0 Å². The fourth-order valence-corrected chi connectivity index (χ4v) is 1.98. The second-order valence-corrected chi connectivity index (χ2v) is 3.85. The molecule has 0 aromatic heterocycles. The molecule has 1 aliphatic heterocycles. The fraction of sp³-hybridized carbons (Fsp3) is 1.00. The molecule has 2 atom stereocenters. The SMILES string of the molecule is CCOC1CN(I)CC1N. The molecular weight excluding hydrogens is 243 g/mol. The van der Waals surface area contributed by atoms with E-state index in [0.29, 0.717) is 0 Å². The van der Waals surface area contributed by atoms with E-state index in [4.69, 9.17) is 10.5 Å². The third-order valence-electron chi connectivity index (χ3n) is 1.65. The van der Waals surface area contributed by atoms with Crippen molar-refractivity contribution in [1.82, 2.24) is 3.11 Å². The van der Waals surface area contributed by atoms with E-state index in [-0.39, 0.29) is 12.1 Å². The molecule has 0 aliphatic carbocycles. The minimum absolute atomic E-state index is 0.205. The molecular formula is C6H13IN2O. The van der Waals surface area contributed by atoms with Crippen LogP contribution in [0.1, 0.15) is 6.92 Å². The van der Waals surface area contributed by atoms with Gasteiger partial charge in [0, 0.05) is 48.6 Å². The molecule has 0 aromatic carbocycles. The summed E-state index contributed by atoms with van der Waals surface area (Å²) in [7, 11) is 0. The number of nitrogens with zero attached hydrogens (tertiary/aromatic N) is 1. The minimum atomic E-state index is 0.205. The predicted octanol–water partition coefficient (Wildman–Crippen LogP) is 0.384. The molecule has 0 saturated carbocycles. The van der Waals surface area contributed by atoms with Crippen LogP contribution in [0.2, 0.25) is 0 Å². The Balaban J connectivity index is 2.31. The molecule has 10 heavy (non-hydrogen) atoms. The quantitative estimate of drug-likeness (QED) is 0.573. The molecule has 0 spiro atoms. The zero-order valence-corrected chi connectivity index (χ0v) is 8.24. The Morgan fingerprint density at radius 3 is 2.80 bits per heavy atom. The van der Waals surface area contributed by atoms with E-state index in [2.05, 4.69) is 26.0 Å². The van der Waals surface area contributed by atoms with Crippen molar-refractivity contribution >= 4 is 22.9 Å². The van der Waals surface area contributed by atoms with Crippen LogP contribution in [0.3, 0.4) is 0 Å². The first-order valence-corrected chi connectivity index (χ1v) is 4.48. The Hall–Kier alpha value is 0.610. The summed E-state index contributed by atoms with van der Waals surface area (Å²) < 4.78 is 7.58. The Kier molecular flexibility index (Phi) is 3.35. The van der Waals surface area contributed by atoms with Gasteiger partial charge in [0.25, 0.3) is 0 Å². The molecule has 2 unspecified atom stereocenters. The monoisotopic (exact) mass is 256 g/mol. The van der Waals surface area contributed by atoms with E-state index in [0.717, 1.165) is 19.7 Å². The summed E-state index contributed by atoms with van der Waals surface area (Å²) in [6.45, 7) is 4.69. The molecule has 4 heteroatoms. The van der Waals surface area contributed by atoms with Crippen LogP contribution >= 0.6 is 22.9 Å². The molecule has 1 aliphatic rings. The zero-order chi connectivity index (χ0) is 7.56. The van der Waals surface area contributed by atoms with Crippen LogP contribution in [0.15, 0.2) is 0 Å². The van der Waals surface area contributed by atoms with Crippen LogP contribution in [0, 0.1) is 0 Å². The lowest BCUT2D eigenvalue weighted by molar-refractivity contribution is 0.0651. The van der Waals surface area contributed by atoms with Crippen molar-refractivity contribution in [3.05, 3.63) is 0 Å². The van der Waals surface area contributed by atoms with Crippen LogP contribution in [0.4, 0.5) is 0 Å². The number of ether oxygens (including phenoxy) is 1. The zero-order valence-electron chi connectivity index (χ0n) is 6.09. The average molecular weight is 256 g/mol. The molecule has 0 bridgehead atoms. The Morgan fingerprint density at radius 2 is 2.40 bits per heavy atom. The summed E-state index contributed by atoms with van der Waals surface area (Å²) in [5.41, 5.74) is 5.78. The van der Waals surface area contributed by atoms with Gasteiger partial charge in [-0.15, -0.1) is 0 Å². The van der Waals surface area contributed by atoms with E-state index in [1.165, 1.54) is 0 Å². The Labute approximate surface area is 75.4 Å². The van der Waals surface area contributed by atoms with Gasteiger partial charge in [0.2, 0.25) is 0 Å². The van der Waals surface area contributed by atoms with Gasteiger partial charge in [-0.3, -0.25) is 0 Å². The third-order valence-corrected chi connectivity index (χ3v) is 2.43. The van der Waals surface area contributed by atoms with Crippen LogP contribution in [0.5, 0.6) is 0 Å². The van der Waals surface area contributed by atoms with Crippen molar-refractivity contribution in [3.63, 3.8) is 0 Å². The highest BCUT2D eigenvalue weighted by Crippen LogP contribution is 2.14. The molecule has 1 heterocycles. The fourth-order valence-electron chi connectivity index (χ4n) is 1.14. The molecule has 0 radical (unpaired) electrons. The Bertz CT molecular complexity index is 112. The highest BCUT2D eigenvalue weighted by Gasteiger charge is 2.28. The lowest BCUT2D eigenvalue weighted by atomic mass is 10.2. The summed E-state index contributed by atoms with van der Waals surface area (Å²) in [6.07, 6.45) is 0.252. The molecule has 1 fully saturated rings. The maximum Gasteiger partial charge on any atom is 0.0873 e. The molecule has 3 nitrogen and oxygen atoms in total. The molecule has 2 N–H and O–H groups in total. The smallest absolute Gasteiger partial charge is 0.0873 e. The molecule has 60 valence electrons. The predicted molar refractivity (Wildman–Crippen MR) is 49.0 cm³/mol. The molecule has 1 rings (SSSR count). The van der Waals surface area contributed by atoms with Gasteiger partial charge in [0.05, 0.1) is 6.10 Å². The van der Waals surface area contributed by atoms with Gasteiger partial charge in [-0.1, -0.05) is 0 Å². The first-order chi connectivity index (χ1) is 4.74. The molecule has 0 amide bonds. The summed E-state index contributed by atoms with van der Waals surface area (Å²) in [5, 5.41) is 0. The summed E-state index contributed by atoms with van der Waals surface area (Å²) in [5.74, 6) is 0. The van der Waals surface area contributed by atoms with Gasteiger partial charge in [-0.2, -0.15) is 0 Å². The second kappa shape index (κ2) is 3.85. The van der Waals surface area contributed by atoms with E-state index >= 15 is 0 Å². The lowest BCUT2D eigenvalue weighted by Crippen LogP contribution is -2.35. The van der Waals surface area contributed by atoms with Crippen molar-refractivity contribution < 1.29 is 4.74 Å². The number of halogens is 1. The van der Waals surface area contributed by atoms with Crippen molar-refractivity contribution in [2.75, 3.05) is 19.7 Å². The van der Waals surface area contributed by atoms with Crippen LogP contribution < -0.4 is 5.73 Å². The van der Waals surface area contributed by atoms with Crippen LogP contribution in [-0.2, 0) is 4.74 Å². The standard InChI is InChI=1S/C6H13IN2O/c1-2-10-6-4-9(7)3-5(6)8/h5-6H,2-4,8H2,1H3. The third kappa shape index (κ3) is 2.05. The lowest BCUT2D eigenvalue weighted by Gasteiger charge is -2.12. The van der Waals surface area contributed by atoms with Gasteiger partial charge in [-0.25, -0.2) is 3.11 Å². The van der Waals surface area contributed by atoms with Crippen LogP contribution in [-0.4, -0.2) is 35.0 Å². The van der Waals surface area contributed by atoms with E-state index in [1.807, 2.05) is 6.92 Å². The largest absolute Gasteiger partial charge is 0.375 e. The first kappa shape index (κ1) is 8.70. The Morgan fingerprint density at radius 1 is 1.70 bits per heavy atom. The summed E-state index contributed by atoms with van der Waals surface area (Å²) >= 11 is 2.28. The topological polar surface area (TPSA) is 38.5 Å². The number of nitrogens with two attached hydrogens (primary N) is 1. The second-order valence-electron chi connectivity index (χ2n) is 2.49. The van der Waals surface area contributed by atoms with Crippen molar-refractivity contribution in [2.24, 2.45) is 5.73 Å². The van der Waals surface area contributed by atoms with Crippen molar-refractivity contribution in [2.45, 2.75) is 19.1 Å². The number of hydrogen-bond acceptors (Lipinski definition) is 3. The first-order valence-electron chi connectivity index (χ1n) is 3.52. The highest BCUT2D eigenvalue weighted by molar-refractivity contribution is 14.1. The van der Waals surface area contributed by atoms with Gasteiger partial charge < -0.3 is 10.5 Å². The maximum atomic E-state index is 5.78. The molecule has 1 saturated heterocycles. The maximum absolute atomic E-state index is 5.78. The van der Waals surface area contributed by atoms with E-state index < -0.39 is 0 Å². The molecule has 0 aromatic rings. The normalized spacial score (nSPS) is 35.1. The van der Waals surface area contributed by atoms with Crippen molar-refractivity contribution in [3.8, 4) is 0 Å². The van der Waals surface area contributed by atoms with Gasteiger partial charge >= 0.3 is 0 Å².